The standard InChI is InChI=1S/C15H18FNO4/c1-10(18)3-8-13(15(20)21-2)17-14(19)9-11-4-6-12(16)7-5-11/h4-7,13H,3,8-9H2,1-2H3,(H,17,19)/t13-/m0/s1. The number of hydrogen-bond acceptors (Lipinski definition) is 4. The van der Waals surface area contributed by atoms with Gasteiger partial charge in [0.15, 0.2) is 0 Å². The first-order valence-electron chi connectivity index (χ1n) is 6.53. The van der Waals surface area contributed by atoms with Crippen LogP contribution in [0.15, 0.2) is 24.3 Å². The number of Topliss-reactive ketones (excluding diaryl/α,β-unsaturated/α-hetero) is 1. The van der Waals surface area contributed by atoms with Crippen molar-refractivity contribution >= 4 is 17.7 Å². The maximum absolute atomic E-state index is 12.8. The van der Waals surface area contributed by atoms with Gasteiger partial charge in [-0.1, -0.05) is 12.1 Å². The van der Waals surface area contributed by atoms with E-state index in [1.807, 2.05) is 0 Å². The second-order valence-electron chi connectivity index (χ2n) is 4.69. The Morgan fingerprint density at radius 2 is 1.86 bits per heavy atom. The summed E-state index contributed by atoms with van der Waals surface area (Å²) in [5.74, 6) is -1.44. The van der Waals surface area contributed by atoms with Gasteiger partial charge in [0, 0.05) is 6.42 Å². The molecule has 0 aliphatic heterocycles. The zero-order chi connectivity index (χ0) is 15.8. The number of nitrogens with one attached hydrogen (secondary N) is 1. The van der Waals surface area contributed by atoms with Gasteiger partial charge in [0.25, 0.3) is 0 Å². The first-order chi connectivity index (χ1) is 9.92. The van der Waals surface area contributed by atoms with Gasteiger partial charge in [-0.25, -0.2) is 9.18 Å². The number of carbonyl (C=O) groups is 3. The summed E-state index contributed by atoms with van der Waals surface area (Å²) in [7, 11) is 1.22. The number of ketones is 1. The lowest BCUT2D eigenvalue weighted by molar-refractivity contribution is -0.145. The molecule has 1 atom stereocenters. The quantitative estimate of drug-likeness (QED) is 0.772. The van der Waals surface area contributed by atoms with E-state index in [1.165, 1.54) is 38.3 Å². The van der Waals surface area contributed by atoms with Crippen molar-refractivity contribution in [2.24, 2.45) is 0 Å². The molecular weight excluding hydrogens is 277 g/mol. The highest BCUT2D eigenvalue weighted by molar-refractivity contribution is 5.86. The number of rotatable bonds is 7. The third-order valence-corrected chi connectivity index (χ3v) is 2.88. The van der Waals surface area contributed by atoms with Crippen LogP contribution in [-0.2, 0) is 25.5 Å². The van der Waals surface area contributed by atoms with Crippen LogP contribution in [0.4, 0.5) is 4.39 Å². The highest BCUT2D eigenvalue weighted by Crippen LogP contribution is 2.05. The molecule has 0 heterocycles. The van der Waals surface area contributed by atoms with E-state index in [0.29, 0.717) is 5.56 Å². The van der Waals surface area contributed by atoms with Gasteiger partial charge in [0.1, 0.15) is 17.6 Å². The predicted octanol–water partition coefficient (Wildman–Crippen LogP) is 1.40. The van der Waals surface area contributed by atoms with E-state index in [9.17, 15) is 18.8 Å². The summed E-state index contributed by atoms with van der Waals surface area (Å²) < 4.78 is 17.4. The van der Waals surface area contributed by atoms with Gasteiger partial charge in [-0.15, -0.1) is 0 Å². The van der Waals surface area contributed by atoms with Crippen molar-refractivity contribution in [2.45, 2.75) is 32.2 Å². The molecule has 1 aromatic rings. The van der Waals surface area contributed by atoms with E-state index in [2.05, 4.69) is 10.1 Å². The van der Waals surface area contributed by atoms with Crippen LogP contribution < -0.4 is 5.32 Å². The van der Waals surface area contributed by atoms with Crippen molar-refractivity contribution in [1.82, 2.24) is 5.32 Å². The molecular formula is C15H18FNO4. The Morgan fingerprint density at radius 3 is 2.38 bits per heavy atom. The molecule has 5 nitrogen and oxygen atoms in total. The fraction of sp³-hybridized carbons (Fsp3) is 0.400. The van der Waals surface area contributed by atoms with Crippen molar-refractivity contribution < 1.29 is 23.5 Å². The number of methoxy groups -OCH3 is 1. The number of amides is 1. The molecule has 0 bridgehead atoms. The van der Waals surface area contributed by atoms with Crippen molar-refractivity contribution in [2.75, 3.05) is 7.11 Å². The summed E-state index contributed by atoms with van der Waals surface area (Å²) in [6.45, 7) is 1.41. The molecule has 1 rings (SSSR count). The Bertz CT molecular complexity index is 513. The average Bonchev–Trinajstić information content (AvgIpc) is 2.44. The number of carbonyl (C=O) groups excluding carboxylic acids is 3. The average molecular weight is 295 g/mol. The third-order valence-electron chi connectivity index (χ3n) is 2.88. The van der Waals surface area contributed by atoms with Crippen LogP contribution in [0.2, 0.25) is 0 Å². The monoisotopic (exact) mass is 295 g/mol. The first-order valence-corrected chi connectivity index (χ1v) is 6.53. The van der Waals surface area contributed by atoms with Crippen molar-refractivity contribution in [3.05, 3.63) is 35.6 Å². The highest BCUT2D eigenvalue weighted by atomic mass is 19.1. The normalized spacial score (nSPS) is 11.6. The zero-order valence-corrected chi connectivity index (χ0v) is 12.0. The zero-order valence-electron chi connectivity index (χ0n) is 12.0. The Balaban J connectivity index is 2.60. The van der Waals surface area contributed by atoms with Gasteiger partial charge in [-0.3, -0.25) is 4.79 Å². The Morgan fingerprint density at radius 1 is 1.24 bits per heavy atom. The molecule has 0 radical (unpaired) electrons. The van der Waals surface area contributed by atoms with Crippen LogP contribution in [-0.4, -0.2) is 30.8 Å². The van der Waals surface area contributed by atoms with Crippen LogP contribution in [0.1, 0.15) is 25.3 Å². The summed E-state index contributed by atoms with van der Waals surface area (Å²) >= 11 is 0. The van der Waals surface area contributed by atoms with Crippen LogP contribution in [0.25, 0.3) is 0 Å². The number of benzene rings is 1. The molecule has 0 spiro atoms. The van der Waals surface area contributed by atoms with E-state index in [0.717, 1.165) is 0 Å². The van der Waals surface area contributed by atoms with Gasteiger partial charge in [0.2, 0.25) is 5.91 Å². The molecule has 21 heavy (non-hydrogen) atoms. The largest absolute Gasteiger partial charge is 0.467 e. The van der Waals surface area contributed by atoms with Crippen molar-refractivity contribution in [3.63, 3.8) is 0 Å². The molecule has 114 valence electrons. The maximum Gasteiger partial charge on any atom is 0.328 e. The smallest absolute Gasteiger partial charge is 0.328 e. The SMILES string of the molecule is COC(=O)[C@H](CCC(C)=O)NC(=O)Cc1ccc(F)cc1. The molecule has 0 saturated carbocycles. The lowest BCUT2D eigenvalue weighted by atomic mass is 10.1. The minimum atomic E-state index is -0.855. The van der Waals surface area contributed by atoms with Crippen molar-refractivity contribution in [3.8, 4) is 0 Å². The first kappa shape index (κ1) is 16.8. The molecule has 6 heteroatoms. The fourth-order valence-electron chi connectivity index (χ4n) is 1.77. The van der Waals surface area contributed by atoms with E-state index in [1.54, 1.807) is 0 Å². The summed E-state index contributed by atoms with van der Waals surface area (Å²) in [6, 6.07) is 4.66. The third kappa shape index (κ3) is 6.16. The van der Waals surface area contributed by atoms with Gasteiger partial charge >= 0.3 is 5.97 Å². The Hall–Kier alpha value is -2.24. The van der Waals surface area contributed by atoms with E-state index >= 15 is 0 Å². The second kappa shape index (κ2) is 8.14. The molecule has 1 amide bonds. The second-order valence-corrected chi connectivity index (χ2v) is 4.69. The molecule has 0 aliphatic rings. The number of halogens is 1. The molecule has 1 N–H and O–H groups in total. The lowest BCUT2D eigenvalue weighted by Crippen LogP contribution is -2.42. The highest BCUT2D eigenvalue weighted by Gasteiger charge is 2.21. The summed E-state index contributed by atoms with van der Waals surface area (Å²) in [5.41, 5.74) is 0.629. The topological polar surface area (TPSA) is 72.5 Å². The molecule has 0 fully saturated rings. The summed E-state index contributed by atoms with van der Waals surface area (Å²) in [4.78, 5) is 34.4. The van der Waals surface area contributed by atoms with Gasteiger partial charge < -0.3 is 14.8 Å². The van der Waals surface area contributed by atoms with E-state index in [4.69, 9.17) is 0 Å². The minimum Gasteiger partial charge on any atom is -0.467 e. The minimum absolute atomic E-state index is 0.0217. The predicted molar refractivity (Wildman–Crippen MR) is 74.0 cm³/mol. The molecule has 0 aromatic heterocycles. The molecule has 1 aromatic carbocycles. The van der Waals surface area contributed by atoms with Crippen LogP contribution in [0, 0.1) is 5.82 Å². The number of esters is 1. The maximum atomic E-state index is 12.8. The van der Waals surface area contributed by atoms with Crippen molar-refractivity contribution in [1.29, 1.82) is 0 Å². The molecule has 0 unspecified atom stereocenters. The van der Waals surface area contributed by atoms with Gasteiger partial charge in [0.05, 0.1) is 13.5 Å². The summed E-state index contributed by atoms with van der Waals surface area (Å²) in [5, 5.41) is 2.53. The fourth-order valence-corrected chi connectivity index (χ4v) is 1.77. The van der Waals surface area contributed by atoms with Gasteiger partial charge in [-0.05, 0) is 31.0 Å². The van der Waals surface area contributed by atoms with Crippen LogP contribution in [0.5, 0.6) is 0 Å². The number of ether oxygens (including phenoxy) is 1. The molecule has 0 aliphatic carbocycles. The molecule has 0 saturated heterocycles. The van der Waals surface area contributed by atoms with Crippen LogP contribution in [0.3, 0.4) is 0 Å². The van der Waals surface area contributed by atoms with Gasteiger partial charge in [-0.2, -0.15) is 0 Å². The Labute approximate surface area is 122 Å². The lowest BCUT2D eigenvalue weighted by Gasteiger charge is -2.15. The summed E-state index contributed by atoms with van der Waals surface area (Å²) in [6.07, 6.45) is 0.390. The Kier molecular flexibility index (Phi) is 6.52. The number of hydrogen-bond donors (Lipinski definition) is 1. The van der Waals surface area contributed by atoms with E-state index in [-0.39, 0.29) is 36.8 Å². The van der Waals surface area contributed by atoms with Crippen LogP contribution >= 0.6 is 0 Å². The van der Waals surface area contributed by atoms with E-state index < -0.39 is 12.0 Å².